The van der Waals surface area contributed by atoms with Gasteiger partial charge in [0.1, 0.15) is 24.0 Å². The molecule has 0 aliphatic carbocycles. The number of rotatable bonds is 5. The largest absolute Gasteiger partial charge is 0.493 e. The molecule has 2 aromatic heterocycles. The predicted molar refractivity (Wildman–Crippen MR) is 169 cm³/mol. The minimum atomic E-state index is -0.436. The first-order valence-corrected chi connectivity index (χ1v) is 15.2. The molecular weight excluding hydrogens is 587 g/mol. The fourth-order valence-electron chi connectivity index (χ4n) is 5.92. The molecule has 0 unspecified atom stereocenters. The molecule has 7 rings (SSSR count). The number of esters is 1. The average Bonchev–Trinajstić information content (AvgIpc) is 3.39. The molecule has 1 saturated heterocycles. The van der Waals surface area contributed by atoms with E-state index in [1.165, 1.54) is 13.2 Å². The molecule has 4 bridgehead atoms. The molecule has 3 aromatic carbocycles. The highest BCUT2D eigenvalue weighted by molar-refractivity contribution is 5.93. The summed E-state index contributed by atoms with van der Waals surface area (Å²) in [6, 6.07) is 19.3. The Morgan fingerprint density at radius 1 is 1.07 bits per heavy atom. The number of ether oxygens (including phenoxy) is 4. The van der Waals surface area contributed by atoms with Crippen LogP contribution in [0.3, 0.4) is 0 Å². The van der Waals surface area contributed by atoms with Crippen molar-refractivity contribution in [2.45, 2.75) is 44.9 Å². The number of benzene rings is 3. The molecule has 0 amide bonds. The number of imidazole rings is 1. The molecule has 10 heteroatoms. The second kappa shape index (κ2) is 12.6. The van der Waals surface area contributed by atoms with Crippen LogP contribution in [0.25, 0.3) is 27.1 Å². The monoisotopic (exact) mass is 618 g/mol. The Morgan fingerprint density at radius 3 is 2.76 bits per heavy atom. The van der Waals surface area contributed by atoms with Crippen molar-refractivity contribution in [3.05, 3.63) is 112 Å². The first kappa shape index (κ1) is 29.4. The van der Waals surface area contributed by atoms with Crippen LogP contribution in [-0.4, -0.2) is 46.9 Å². The van der Waals surface area contributed by atoms with E-state index in [0.717, 1.165) is 28.6 Å². The van der Waals surface area contributed by atoms with E-state index in [0.29, 0.717) is 78.1 Å². The van der Waals surface area contributed by atoms with Crippen LogP contribution in [-0.2, 0) is 35.5 Å². The van der Waals surface area contributed by atoms with Gasteiger partial charge in [0.05, 0.1) is 55.2 Å². The zero-order valence-corrected chi connectivity index (χ0v) is 25.3. The molecule has 1 fully saturated rings. The molecule has 5 aromatic rings. The maximum atomic E-state index is 15.9. The third-order valence-electron chi connectivity index (χ3n) is 8.47. The highest BCUT2D eigenvalue weighted by Gasteiger charge is 2.24. The van der Waals surface area contributed by atoms with Crippen LogP contribution < -0.4 is 9.47 Å². The second-order valence-corrected chi connectivity index (χ2v) is 11.4. The minimum absolute atomic E-state index is 0.0261. The van der Waals surface area contributed by atoms with Gasteiger partial charge in [0.25, 0.3) is 0 Å². The molecular formula is C36H31FN4O5. The standard InChI is InChI=1S/C36H31FN4O5/c1-38-26-10-8-24-21-46-35-7-3-6-30(40-35)28-19-33(45-13-4-5-22(24)15-26)25(16-29(28)37)18-34-39-31-11-9-23(36(42)43-2)17-32(31)41(34)20-27-12-14-44-27/h3,6-11,15-17,19,27H,4-5,12-14,18,20-21H2,2H3/t27-/m0/s1. The van der Waals surface area contributed by atoms with Crippen molar-refractivity contribution in [3.8, 4) is 22.9 Å². The van der Waals surface area contributed by atoms with Crippen molar-refractivity contribution in [1.82, 2.24) is 14.5 Å². The van der Waals surface area contributed by atoms with E-state index in [-0.39, 0.29) is 19.1 Å². The summed E-state index contributed by atoms with van der Waals surface area (Å²) in [4.78, 5) is 25.4. The third kappa shape index (κ3) is 5.89. The number of halogens is 1. The summed E-state index contributed by atoms with van der Waals surface area (Å²) in [5.41, 5.74) is 5.84. The normalized spacial score (nSPS) is 15.8. The van der Waals surface area contributed by atoms with E-state index in [1.807, 2.05) is 16.7 Å². The van der Waals surface area contributed by atoms with Gasteiger partial charge in [-0.15, -0.1) is 0 Å². The number of carbonyl (C=O) groups excluding carboxylic acids is 1. The Hall–Kier alpha value is -5.27. The van der Waals surface area contributed by atoms with Crippen LogP contribution >= 0.6 is 0 Å². The van der Waals surface area contributed by atoms with Crippen LogP contribution in [0.5, 0.6) is 11.6 Å². The Bertz CT molecular complexity index is 2000. The summed E-state index contributed by atoms with van der Waals surface area (Å²) < 4.78 is 41.0. The van der Waals surface area contributed by atoms with Crippen LogP contribution in [0.4, 0.5) is 10.1 Å². The van der Waals surface area contributed by atoms with Gasteiger partial charge in [-0.25, -0.2) is 24.0 Å². The van der Waals surface area contributed by atoms with Crippen molar-refractivity contribution in [2.75, 3.05) is 20.3 Å². The molecule has 4 heterocycles. The first-order valence-electron chi connectivity index (χ1n) is 15.2. The number of hydrogen-bond acceptors (Lipinski definition) is 7. The van der Waals surface area contributed by atoms with Crippen LogP contribution in [0.15, 0.2) is 66.7 Å². The van der Waals surface area contributed by atoms with Gasteiger partial charge in [-0.3, -0.25) is 0 Å². The van der Waals surface area contributed by atoms with Crippen LogP contribution in [0, 0.1) is 12.4 Å². The van der Waals surface area contributed by atoms with E-state index in [1.54, 1.807) is 48.5 Å². The molecule has 0 radical (unpaired) electrons. The SMILES string of the molecule is [C-]#[N+]c1ccc2c(c1)CCCOc1cc(c(F)cc1Cc1nc3ccc(C(=O)OC)cc3n1C[C@@H]1CCO1)-c1cccc(n1)OC2. The number of hydrogen-bond donors (Lipinski definition) is 0. The second-order valence-electron chi connectivity index (χ2n) is 11.4. The van der Waals surface area contributed by atoms with Gasteiger partial charge in [-0.1, -0.05) is 29.8 Å². The van der Waals surface area contributed by atoms with E-state index >= 15 is 4.39 Å². The Labute approximate surface area is 265 Å². The summed E-state index contributed by atoms with van der Waals surface area (Å²) in [6.07, 6.45) is 2.59. The summed E-state index contributed by atoms with van der Waals surface area (Å²) in [7, 11) is 1.35. The number of carbonyl (C=O) groups is 1. The van der Waals surface area contributed by atoms with Crippen LogP contribution in [0.2, 0.25) is 0 Å². The average molecular weight is 619 g/mol. The summed E-state index contributed by atoms with van der Waals surface area (Å²) >= 11 is 0. The zero-order chi connectivity index (χ0) is 31.6. The summed E-state index contributed by atoms with van der Waals surface area (Å²) in [6.45, 7) is 9.36. The van der Waals surface area contributed by atoms with E-state index in [9.17, 15) is 4.79 Å². The van der Waals surface area contributed by atoms with Gasteiger partial charge < -0.3 is 23.5 Å². The van der Waals surface area contributed by atoms with E-state index in [2.05, 4.69) is 9.83 Å². The van der Waals surface area contributed by atoms with Crippen molar-refractivity contribution in [2.24, 2.45) is 0 Å². The zero-order valence-electron chi connectivity index (χ0n) is 25.3. The quantitative estimate of drug-likeness (QED) is 0.157. The lowest BCUT2D eigenvalue weighted by Gasteiger charge is -2.27. The van der Waals surface area contributed by atoms with Gasteiger partial charge in [-0.2, -0.15) is 0 Å². The van der Waals surface area contributed by atoms with Crippen molar-refractivity contribution in [1.29, 1.82) is 0 Å². The number of aromatic nitrogens is 3. The van der Waals surface area contributed by atoms with Gasteiger partial charge in [0, 0.05) is 30.2 Å². The highest BCUT2D eigenvalue weighted by atomic mass is 19.1. The summed E-state index contributed by atoms with van der Waals surface area (Å²) in [5, 5.41) is 0. The lowest BCUT2D eigenvalue weighted by molar-refractivity contribution is -0.0589. The van der Waals surface area contributed by atoms with Crippen LogP contribution in [0.1, 0.15) is 45.7 Å². The fourth-order valence-corrected chi connectivity index (χ4v) is 5.92. The maximum Gasteiger partial charge on any atom is 0.337 e. The number of nitrogens with zero attached hydrogens (tertiary/aromatic N) is 4. The molecule has 0 spiro atoms. The van der Waals surface area contributed by atoms with Crippen molar-refractivity contribution >= 4 is 22.7 Å². The van der Waals surface area contributed by atoms with Gasteiger partial charge in [0.15, 0.2) is 5.69 Å². The third-order valence-corrected chi connectivity index (χ3v) is 8.47. The first-order chi connectivity index (χ1) is 22.5. The fraction of sp³-hybridized carbons (Fsp3) is 0.278. The molecule has 46 heavy (non-hydrogen) atoms. The smallest absolute Gasteiger partial charge is 0.337 e. The Morgan fingerprint density at radius 2 is 1.96 bits per heavy atom. The summed E-state index contributed by atoms with van der Waals surface area (Å²) in [5.74, 6) is 0.742. The topological polar surface area (TPSA) is 89.1 Å². The molecule has 0 N–H and O–H groups in total. The van der Waals surface area contributed by atoms with E-state index in [4.69, 9.17) is 30.5 Å². The number of pyridine rings is 1. The molecule has 1 atom stereocenters. The van der Waals surface area contributed by atoms with Gasteiger partial charge >= 0.3 is 5.97 Å². The molecule has 232 valence electrons. The molecule has 2 aliphatic rings. The Balaban J connectivity index is 1.28. The number of fused-ring (bicyclic) bond motifs is 7. The molecule has 0 saturated carbocycles. The Kier molecular flexibility index (Phi) is 8.07. The molecule has 2 aliphatic heterocycles. The maximum absolute atomic E-state index is 15.9. The van der Waals surface area contributed by atoms with Crippen molar-refractivity contribution < 1.29 is 28.1 Å². The number of methoxy groups -OCH3 is 1. The predicted octanol–water partition coefficient (Wildman–Crippen LogP) is 6.86. The van der Waals surface area contributed by atoms with Gasteiger partial charge in [0.2, 0.25) is 5.88 Å². The lowest BCUT2D eigenvalue weighted by atomic mass is 10.0. The number of aryl methyl sites for hydroxylation is 1. The van der Waals surface area contributed by atoms with E-state index < -0.39 is 11.8 Å². The van der Waals surface area contributed by atoms with Gasteiger partial charge in [-0.05, 0) is 61.2 Å². The molecule has 9 nitrogen and oxygen atoms in total. The highest BCUT2D eigenvalue weighted by Crippen LogP contribution is 2.34. The lowest BCUT2D eigenvalue weighted by Crippen LogP contribution is -2.31. The van der Waals surface area contributed by atoms with Crippen molar-refractivity contribution in [3.63, 3.8) is 0 Å². The minimum Gasteiger partial charge on any atom is -0.493 e.